The van der Waals surface area contributed by atoms with Crippen LogP contribution in [0.3, 0.4) is 0 Å². The van der Waals surface area contributed by atoms with Gasteiger partial charge in [-0.1, -0.05) is 6.07 Å². The number of guanidine groups is 1. The second-order valence-corrected chi connectivity index (χ2v) is 4.94. The Morgan fingerprint density at radius 1 is 1.38 bits per heavy atom. The molecular formula is C16H28IN5O2. The number of carbonyl (C=O) groups is 1. The molecule has 1 amide bonds. The minimum absolute atomic E-state index is 0. The first kappa shape index (κ1) is 22.6. The maximum absolute atomic E-state index is 12.1. The summed E-state index contributed by atoms with van der Waals surface area (Å²) in [7, 11) is 3.46. The lowest BCUT2D eigenvalue weighted by atomic mass is 10.2. The van der Waals surface area contributed by atoms with Gasteiger partial charge in [-0.3, -0.25) is 14.8 Å². The Morgan fingerprint density at radius 2 is 2.17 bits per heavy atom. The summed E-state index contributed by atoms with van der Waals surface area (Å²) < 4.78 is 5.24. The van der Waals surface area contributed by atoms with Gasteiger partial charge >= 0.3 is 0 Å². The number of nitrogens with zero attached hydrogens (tertiary/aromatic N) is 3. The summed E-state index contributed by atoms with van der Waals surface area (Å²) in [6, 6.07) is 5.79. The Kier molecular flexibility index (Phi) is 13.1. The maximum Gasteiger partial charge on any atom is 0.241 e. The van der Waals surface area contributed by atoms with E-state index in [-0.39, 0.29) is 36.4 Å². The predicted molar refractivity (Wildman–Crippen MR) is 107 cm³/mol. The van der Waals surface area contributed by atoms with Crippen LogP contribution in [-0.4, -0.2) is 68.7 Å². The second-order valence-electron chi connectivity index (χ2n) is 4.94. The van der Waals surface area contributed by atoms with E-state index in [1.807, 2.05) is 25.1 Å². The van der Waals surface area contributed by atoms with Crippen LogP contribution in [0.25, 0.3) is 0 Å². The molecule has 0 radical (unpaired) electrons. The molecule has 0 aliphatic rings. The number of pyridine rings is 1. The van der Waals surface area contributed by atoms with Crippen molar-refractivity contribution in [1.29, 1.82) is 0 Å². The number of hydrogen-bond donors (Lipinski definition) is 2. The lowest BCUT2D eigenvalue weighted by Crippen LogP contribution is -2.44. The number of carbonyl (C=O) groups excluding carboxylic acids is 1. The lowest BCUT2D eigenvalue weighted by molar-refractivity contribution is -0.128. The van der Waals surface area contributed by atoms with E-state index < -0.39 is 0 Å². The summed E-state index contributed by atoms with van der Waals surface area (Å²) in [6.07, 6.45) is 2.50. The molecule has 8 heteroatoms. The first-order valence-electron chi connectivity index (χ1n) is 7.83. The third-order valence-electron chi connectivity index (χ3n) is 3.23. The van der Waals surface area contributed by atoms with Crippen LogP contribution in [-0.2, 0) is 16.0 Å². The molecule has 7 nitrogen and oxygen atoms in total. The van der Waals surface area contributed by atoms with E-state index in [0.717, 1.165) is 12.1 Å². The summed E-state index contributed by atoms with van der Waals surface area (Å²) in [5, 5.41) is 6.09. The maximum atomic E-state index is 12.1. The van der Waals surface area contributed by atoms with E-state index in [4.69, 9.17) is 4.74 Å². The molecule has 0 aromatic carbocycles. The van der Waals surface area contributed by atoms with Crippen molar-refractivity contribution in [2.75, 3.05) is 46.9 Å². The summed E-state index contributed by atoms with van der Waals surface area (Å²) in [4.78, 5) is 22.1. The molecule has 1 heterocycles. The normalized spacial score (nSPS) is 10.7. The van der Waals surface area contributed by atoms with Gasteiger partial charge in [-0.05, 0) is 19.1 Å². The van der Waals surface area contributed by atoms with Gasteiger partial charge in [0.1, 0.15) is 0 Å². The van der Waals surface area contributed by atoms with E-state index in [2.05, 4.69) is 20.6 Å². The minimum Gasteiger partial charge on any atom is -0.380 e. The van der Waals surface area contributed by atoms with Crippen molar-refractivity contribution in [1.82, 2.24) is 20.5 Å². The Bertz CT molecular complexity index is 485. The van der Waals surface area contributed by atoms with Gasteiger partial charge in [-0.15, -0.1) is 24.0 Å². The Morgan fingerprint density at radius 3 is 2.79 bits per heavy atom. The quantitative estimate of drug-likeness (QED) is 0.254. The molecule has 0 unspecified atom stereocenters. The smallest absolute Gasteiger partial charge is 0.241 e. The van der Waals surface area contributed by atoms with Gasteiger partial charge in [0.15, 0.2) is 5.96 Å². The van der Waals surface area contributed by atoms with Crippen LogP contribution in [0.1, 0.15) is 12.6 Å². The average molecular weight is 449 g/mol. The van der Waals surface area contributed by atoms with E-state index in [1.165, 1.54) is 0 Å². The Labute approximate surface area is 161 Å². The number of amides is 1. The molecule has 0 bridgehead atoms. The van der Waals surface area contributed by atoms with Crippen molar-refractivity contribution in [3.8, 4) is 0 Å². The summed E-state index contributed by atoms with van der Waals surface area (Å²) in [5.41, 5.74) is 0.980. The standard InChI is InChI=1S/C16H27N5O2.HI/c1-4-23-12-10-19-16(17-2)20-13-15(22)21(3)11-8-14-7-5-6-9-18-14;/h5-7,9H,4,8,10-13H2,1-3H3,(H2,17,19,20);1H. The fourth-order valence-corrected chi connectivity index (χ4v) is 1.85. The first-order chi connectivity index (χ1) is 11.2. The van der Waals surface area contributed by atoms with Gasteiger partial charge in [-0.2, -0.15) is 0 Å². The molecule has 1 rings (SSSR count). The van der Waals surface area contributed by atoms with Crippen molar-refractivity contribution < 1.29 is 9.53 Å². The van der Waals surface area contributed by atoms with Crippen molar-refractivity contribution >= 4 is 35.8 Å². The third-order valence-corrected chi connectivity index (χ3v) is 3.23. The largest absolute Gasteiger partial charge is 0.380 e. The highest BCUT2D eigenvalue weighted by Gasteiger charge is 2.09. The molecule has 136 valence electrons. The van der Waals surface area contributed by atoms with Gasteiger partial charge in [0.2, 0.25) is 5.91 Å². The van der Waals surface area contributed by atoms with Gasteiger partial charge in [0.25, 0.3) is 0 Å². The first-order valence-corrected chi connectivity index (χ1v) is 7.83. The number of aromatic nitrogens is 1. The molecule has 1 aromatic rings. The van der Waals surface area contributed by atoms with E-state index >= 15 is 0 Å². The molecule has 0 atom stereocenters. The molecule has 2 N–H and O–H groups in total. The molecule has 0 aliphatic carbocycles. The highest BCUT2D eigenvalue weighted by Crippen LogP contribution is 1.96. The zero-order valence-electron chi connectivity index (χ0n) is 14.6. The van der Waals surface area contributed by atoms with Crippen LogP contribution < -0.4 is 10.6 Å². The number of ether oxygens (including phenoxy) is 1. The topological polar surface area (TPSA) is 78.8 Å². The van der Waals surface area contributed by atoms with Crippen molar-refractivity contribution in [3.05, 3.63) is 30.1 Å². The fraction of sp³-hybridized carbons (Fsp3) is 0.562. The highest BCUT2D eigenvalue weighted by atomic mass is 127. The Hall–Kier alpha value is -1.42. The summed E-state index contributed by atoms with van der Waals surface area (Å²) in [6.45, 7) is 4.73. The summed E-state index contributed by atoms with van der Waals surface area (Å²) >= 11 is 0. The SMILES string of the molecule is CCOCCNC(=NC)NCC(=O)N(C)CCc1ccccn1.I. The number of hydrogen-bond acceptors (Lipinski definition) is 4. The second kappa shape index (κ2) is 14.0. The fourth-order valence-electron chi connectivity index (χ4n) is 1.85. The van der Waals surface area contributed by atoms with Gasteiger partial charge in [0, 0.05) is 52.1 Å². The monoisotopic (exact) mass is 449 g/mol. The molecular weight excluding hydrogens is 421 g/mol. The van der Waals surface area contributed by atoms with Crippen molar-refractivity contribution in [2.24, 2.45) is 4.99 Å². The van der Waals surface area contributed by atoms with Crippen LogP contribution in [0.4, 0.5) is 0 Å². The highest BCUT2D eigenvalue weighted by molar-refractivity contribution is 14.0. The Balaban J connectivity index is 0.00000529. The van der Waals surface area contributed by atoms with Gasteiger partial charge < -0.3 is 20.3 Å². The van der Waals surface area contributed by atoms with Crippen LogP contribution in [0, 0.1) is 0 Å². The van der Waals surface area contributed by atoms with Crippen LogP contribution >= 0.6 is 24.0 Å². The third kappa shape index (κ3) is 9.66. The number of aliphatic imine (C=N–C) groups is 1. The molecule has 0 spiro atoms. The number of rotatable bonds is 9. The molecule has 0 fully saturated rings. The molecule has 24 heavy (non-hydrogen) atoms. The average Bonchev–Trinajstić information content (AvgIpc) is 2.59. The molecule has 0 saturated heterocycles. The molecule has 1 aromatic heterocycles. The van der Waals surface area contributed by atoms with Gasteiger partial charge in [0.05, 0.1) is 13.2 Å². The number of nitrogens with one attached hydrogen (secondary N) is 2. The van der Waals surface area contributed by atoms with Crippen molar-refractivity contribution in [2.45, 2.75) is 13.3 Å². The summed E-state index contributed by atoms with van der Waals surface area (Å²) in [5.74, 6) is 0.602. The molecule has 0 saturated carbocycles. The zero-order chi connectivity index (χ0) is 16.9. The number of likely N-dealkylation sites (N-methyl/N-ethyl adjacent to an activating group) is 1. The lowest BCUT2D eigenvalue weighted by Gasteiger charge is -2.18. The van der Waals surface area contributed by atoms with Crippen LogP contribution in [0.2, 0.25) is 0 Å². The van der Waals surface area contributed by atoms with Crippen LogP contribution in [0.15, 0.2) is 29.4 Å². The van der Waals surface area contributed by atoms with E-state index in [9.17, 15) is 4.79 Å². The van der Waals surface area contributed by atoms with Gasteiger partial charge in [-0.25, -0.2) is 0 Å². The van der Waals surface area contributed by atoms with E-state index in [1.54, 1.807) is 25.2 Å². The minimum atomic E-state index is 0. The van der Waals surface area contributed by atoms with E-state index in [0.29, 0.717) is 32.3 Å². The number of halogens is 1. The zero-order valence-corrected chi connectivity index (χ0v) is 16.9. The van der Waals surface area contributed by atoms with Crippen molar-refractivity contribution in [3.63, 3.8) is 0 Å². The predicted octanol–water partition coefficient (Wildman–Crippen LogP) is 0.902. The van der Waals surface area contributed by atoms with Crippen LogP contribution in [0.5, 0.6) is 0 Å². The molecule has 0 aliphatic heterocycles.